The second kappa shape index (κ2) is 4.89. The number of thioether (sulfide) groups is 1. The Morgan fingerprint density at radius 1 is 1.36 bits per heavy atom. The minimum Gasteiger partial charge on any atom is -0.312 e. The predicted octanol–water partition coefficient (Wildman–Crippen LogP) is 3.05. The van der Waals surface area contributed by atoms with Gasteiger partial charge in [-0.1, -0.05) is 26.7 Å². The van der Waals surface area contributed by atoms with Crippen LogP contribution in [0.1, 0.15) is 46.0 Å². The smallest absolute Gasteiger partial charge is 0.0206 e. The Morgan fingerprint density at radius 3 is 3.00 bits per heavy atom. The molecule has 14 heavy (non-hydrogen) atoms. The lowest BCUT2D eigenvalue weighted by molar-refractivity contribution is 0.281. The molecule has 0 spiro atoms. The third kappa shape index (κ3) is 2.46. The van der Waals surface area contributed by atoms with E-state index < -0.39 is 0 Å². The normalized spacial score (nSPS) is 43.3. The first-order chi connectivity index (χ1) is 6.79. The average Bonchev–Trinajstić information content (AvgIpc) is 2.17. The van der Waals surface area contributed by atoms with Crippen LogP contribution in [0.5, 0.6) is 0 Å². The quantitative estimate of drug-likeness (QED) is 0.756. The average molecular weight is 213 g/mol. The van der Waals surface area contributed by atoms with Crippen LogP contribution in [-0.4, -0.2) is 23.1 Å². The molecule has 1 heterocycles. The molecule has 0 aromatic rings. The summed E-state index contributed by atoms with van der Waals surface area (Å²) in [6, 6.07) is 0.837. The van der Waals surface area contributed by atoms with Gasteiger partial charge >= 0.3 is 0 Å². The standard InChI is InChI=1S/C12H23NS/c1-3-4-10-5-6-11-12(7-10)14-9(2)8-13-11/h9-13H,3-8H2,1-2H3. The van der Waals surface area contributed by atoms with Gasteiger partial charge in [-0.25, -0.2) is 0 Å². The molecule has 1 aliphatic carbocycles. The summed E-state index contributed by atoms with van der Waals surface area (Å²) in [6.07, 6.45) is 7.19. The largest absolute Gasteiger partial charge is 0.312 e. The van der Waals surface area contributed by atoms with E-state index in [0.29, 0.717) is 0 Å². The van der Waals surface area contributed by atoms with Gasteiger partial charge in [0, 0.05) is 23.1 Å². The van der Waals surface area contributed by atoms with Gasteiger partial charge in [0.1, 0.15) is 0 Å². The van der Waals surface area contributed by atoms with Gasteiger partial charge < -0.3 is 5.32 Å². The van der Waals surface area contributed by atoms with E-state index >= 15 is 0 Å². The second-order valence-corrected chi connectivity index (χ2v) is 6.65. The van der Waals surface area contributed by atoms with Crippen LogP contribution in [-0.2, 0) is 0 Å². The molecule has 2 fully saturated rings. The lowest BCUT2D eigenvalue weighted by Crippen LogP contribution is -2.49. The molecule has 0 aromatic heterocycles. The van der Waals surface area contributed by atoms with Crippen molar-refractivity contribution in [3.63, 3.8) is 0 Å². The van der Waals surface area contributed by atoms with Crippen molar-refractivity contribution in [2.75, 3.05) is 6.54 Å². The van der Waals surface area contributed by atoms with Crippen molar-refractivity contribution in [2.45, 2.75) is 62.5 Å². The fourth-order valence-corrected chi connectivity index (χ4v) is 4.52. The van der Waals surface area contributed by atoms with E-state index in [0.717, 1.165) is 22.5 Å². The van der Waals surface area contributed by atoms with E-state index in [4.69, 9.17) is 0 Å². The summed E-state index contributed by atoms with van der Waals surface area (Å²) in [5.74, 6) is 1.03. The van der Waals surface area contributed by atoms with E-state index in [-0.39, 0.29) is 0 Å². The predicted molar refractivity (Wildman–Crippen MR) is 64.9 cm³/mol. The van der Waals surface area contributed by atoms with Crippen LogP contribution in [0.4, 0.5) is 0 Å². The summed E-state index contributed by atoms with van der Waals surface area (Å²) in [4.78, 5) is 0. The SMILES string of the molecule is CCCC1CCC2NCC(C)SC2C1. The molecule has 2 rings (SSSR count). The van der Waals surface area contributed by atoms with Crippen molar-refractivity contribution in [2.24, 2.45) is 5.92 Å². The topological polar surface area (TPSA) is 12.0 Å². The highest BCUT2D eigenvalue weighted by atomic mass is 32.2. The molecule has 1 saturated carbocycles. The van der Waals surface area contributed by atoms with Crippen molar-refractivity contribution in [3.05, 3.63) is 0 Å². The molecule has 1 aliphatic heterocycles. The Kier molecular flexibility index (Phi) is 3.78. The Balaban J connectivity index is 1.86. The van der Waals surface area contributed by atoms with Crippen LogP contribution >= 0.6 is 11.8 Å². The highest BCUT2D eigenvalue weighted by Gasteiger charge is 2.34. The Morgan fingerprint density at radius 2 is 2.21 bits per heavy atom. The van der Waals surface area contributed by atoms with Crippen LogP contribution < -0.4 is 5.32 Å². The molecule has 2 heteroatoms. The van der Waals surface area contributed by atoms with Crippen LogP contribution in [0.15, 0.2) is 0 Å². The van der Waals surface area contributed by atoms with Crippen molar-refractivity contribution in [1.82, 2.24) is 5.32 Å². The van der Waals surface area contributed by atoms with Crippen LogP contribution in [0.3, 0.4) is 0 Å². The van der Waals surface area contributed by atoms with Gasteiger partial charge in [-0.15, -0.1) is 0 Å². The molecule has 1 N–H and O–H groups in total. The van der Waals surface area contributed by atoms with E-state index in [1.165, 1.54) is 38.6 Å². The fraction of sp³-hybridized carbons (Fsp3) is 1.00. The maximum atomic E-state index is 3.71. The van der Waals surface area contributed by atoms with Gasteiger partial charge in [-0.05, 0) is 25.2 Å². The number of rotatable bonds is 2. The van der Waals surface area contributed by atoms with Crippen molar-refractivity contribution in [3.8, 4) is 0 Å². The zero-order valence-corrected chi connectivity index (χ0v) is 10.3. The van der Waals surface area contributed by atoms with Crippen molar-refractivity contribution >= 4 is 11.8 Å². The van der Waals surface area contributed by atoms with Gasteiger partial charge in [-0.3, -0.25) is 0 Å². The summed E-state index contributed by atoms with van der Waals surface area (Å²) in [5, 5.41) is 5.46. The zero-order chi connectivity index (χ0) is 9.97. The molecule has 1 saturated heterocycles. The highest BCUT2D eigenvalue weighted by molar-refractivity contribution is 8.00. The molecule has 0 radical (unpaired) electrons. The van der Waals surface area contributed by atoms with Gasteiger partial charge in [0.05, 0.1) is 0 Å². The van der Waals surface area contributed by atoms with E-state index in [2.05, 4.69) is 30.9 Å². The lowest BCUT2D eigenvalue weighted by Gasteiger charge is -2.41. The summed E-state index contributed by atoms with van der Waals surface area (Å²) >= 11 is 2.24. The van der Waals surface area contributed by atoms with E-state index in [1.807, 2.05) is 0 Å². The number of nitrogens with one attached hydrogen (secondary N) is 1. The first-order valence-corrected chi connectivity index (χ1v) is 7.12. The lowest BCUT2D eigenvalue weighted by atomic mass is 9.83. The van der Waals surface area contributed by atoms with Crippen LogP contribution in [0.2, 0.25) is 0 Å². The molecule has 1 nitrogen and oxygen atoms in total. The maximum absolute atomic E-state index is 3.71. The first-order valence-electron chi connectivity index (χ1n) is 6.18. The fourth-order valence-electron chi connectivity index (χ4n) is 2.93. The van der Waals surface area contributed by atoms with Gasteiger partial charge in [0.15, 0.2) is 0 Å². The molecule has 0 aromatic carbocycles. The minimum atomic E-state index is 0.830. The molecule has 2 aliphatic rings. The molecule has 0 bridgehead atoms. The molecule has 4 atom stereocenters. The zero-order valence-electron chi connectivity index (χ0n) is 9.46. The van der Waals surface area contributed by atoms with Crippen LogP contribution in [0, 0.1) is 5.92 Å². The molecule has 4 unspecified atom stereocenters. The first kappa shape index (κ1) is 10.8. The van der Waals surface area contributed by atoms with Crippen molar-refractivity contribution < 1.29 is 0 Å². The van der Waals surface area contributed by atoms with Gasteiger partial charge in [0.25, 0.3) is 0 Å². The monoisotopic (exact) mass is 213 g/mol. The molecule has 0 amide bonds. The molecule has 82 valence electrons. The minimum absolute atomic E-state index is 0.830. The molecular formula is C12H23NS. The third-order valence-corrected chi connectivity index (χ3v) is 5.17. The van der Waals surface area contributed by atoms with Gasteiger partial charge in [-0.2, -0.15) is 11.8 Å². The number of hydrogen-bond acceptors (Lipinski definition) is 2. The van der Waals surface area contributed by atoms with E-state index in [9.17, 15) is 0 Å². The van der Waals surface area contributed by atoms with Gasteiger partial charge in [0.2, 0.25) is 0 Å². The van der Waals surface area contributed by atoms with E-state index in [1.54, 1.807) is 0 Å². The summed E-state index contributed by atoms with van der Waals surface area (Å²) < 4.78 is 0. The molecular weight excluding hydrogens is 190 g/mol. The third-order valence-electron chi connectivity index (χ3n) is 3.67. The van der Waals surface area contributed by atoms with Crippen LogP contribution in [0.25, 0.3) is 0 Å². The Bertz CT molecular complexity index is 183. The Labute approximate surface area is 92.4 Å². The van der Waals surface area contributed by atoms with Crippen molar-refractivity contribution in [1.29, 1.82) is 0 Å². The summed E-state index contributed by atoms with van der Waals surface area (Å²) in [6.45, 7) is 5.91. The number of hydrogen-bond donors (Lipinski definition) is 1. The summed E-state index contributed by atoms with van der Waals surface area (Å²) in [5.41, 5.74) is 0. The second-order valence-electron chi connectivity index (χ2n) is 4.97. The maximum Gasteiger partial charge on any atom is 0.0206 e. The number of fused-ring (bicyclic) bond motifs is 1. The highest BCUT2D eigenvalue weighted by Crippen LogP contribution is 2.38. The Hall–Kier alpha value is 0.310. The summed E-state index contributed by atoms with van der Waals surface area (Å²) in [7, 11) is 0.